The minimum atomic E-state index is -2.17. The van der Waals surface area contributed by atoms with Gasteiger partial charge in [-0.05, 0) is 0 Å². The molecule has 0 nitrogen and oxygen atoms in total. The fourth-order valence-corrected chi connectivity index (χ4v) is 17.3. The Morgan fingerprint density at radius 2 is 1.35 bits per heavy atom. The molecule has 2 aromatic rings. The summed E-state index contributed by atoms with van der Waals surface area (Å²) in [5, 5.41) is 0. The van der Waals surface area contributed by atoms with E-state index in [1.54, 1.807) is 17.6 Å². The van der Waals surface area contributed by atoms with Crippen molar-refractivity contribution in [2.24, 2.45) is 11.3 Å². The number of fused-ring (bicyclic) bond motifs is 5. The fourth-order valence-electron chi connectivity index (χ4n) is 8.10. The van der Waals surface area contributed by atoms with Gasteiger partial charge in [-0.15, -0.1) is 0 Å². The van der Waals surface area contributed by atoms with E-state index in [2.05, 4.69) is 132 Å². The molecule has 0 aromatic heterocycles. The van der Waals surface area contributed by atoms with E-state index in [1.165, 1.54) is 50.1 Å². The van der Waals surface area contributed by atoms with Crippen molar-refractivity contribution in [1.82, 2.24) is 0 Å². The molecule has 0 fully saturated rings. The van der Waals surface area contributed by atoms with Gasteiger partial charge in [0.1, 0.15) is 0 Å². The van der Waals surface area contributed by atoms with Crippen molar-refractivity contribution >= 4 is 14.4 Å². The Labute approximate surface area is 282 Å². The third-order valence-electron chi connectivity index (χ3n) is 10.8. The first-order valence-electron chi connectivity index (χ1n) is 15.8. The normalized spacial score (nSPS) is 22.1. The van der Waals surface area contributed by atoms with Gasteiger partial charge in [-0.3, -0.25) is 0 Å². The molecule has 0 spiro atoms. The predicted octanol–water partition coefficient (Wildman–Crippen LogP) is 5.17. The van der Waals surface area contributed by atoms with Gasteiger partial charge in [0, 0.05) is 0 Å². The van der Waals surface area contributed by atoms with E-state index in [0.717, 1.165) is 12.8 Å². The monoisotopic (exact) mass is 690 g/mol. The van der Waals surface area contributed by atoms with Crippen LogP contribution in [0.2, 0.25) is 3.63 Å². The van der Waals surface area contributed by atoms with E-state index in [-0.39, 0.29) is 41.1 Å². The summed E-state index contributed by atoms with van der Waals surface area (Å²) in [4.78, 5) is 0. The maximum Gasteiger partial charge on any atom is -1.00 e. The molecule has 0 bridgehead atoms. The topological polar surface area (TPSA) is 0 Å². The van der Waals surface area contributed by atoms with Gasteiger partial charge in [-0.2, -0.15) is 0 Å². The maximum absolute atomic E-state index is 2.72. The summed E-state index contributed by atoms with van der Waals surface area (Å²) in [5.41, 5.74) is 17.1. The zero-order chi connectivity index (χ0) is 29.8. The Balaban J connectivity index is 0.00000212. The molecule has 4 aliphatic carbocycles. The van der Waals surface area contributed by atoms with Crippen molar-refractivity contribution in [2.45, 2.75) is 110 Å². The SMILES string of the molecule is CC1=CCC(C)(C)c2cc3c(cc21)-c1cc2c(cc1C3)C(C)(C)[CH]([Zr+2]([C]1=CC(C(C)(C)C)=CC1C)=[C](C)C)C=C2C.[Cl-].[Cl-]. The minimum absolute atomic E-state index is 0. The van der Waals surface area contributed by atoms with Gasteiger partial charge in [0.25, 0.3) is 0 Å². The average molecular weight is 693 g/mol. The van der Waals surface area contributed by atoms with E-state index in [9.17, 15) is 0 Å². The first kappa shape index (κ1) is 34.6. The van der Waals surface area contributed by atoms with E-state index >= 15 is 0 Å². The molecule has 2 aromatic carbocycles. The fraction of sp³-hybridized carbons (Fsp3) is 0.475. The largest absolute Gasteiger partial charge is 1.00 e. The van der Waals surface area contributed by atoms with E-state index < -0.39 is 21.3 Å². The molecule has 43 heavy (non-hydrogen) atoms. The molecule has 228 valence electrons. The number of benzene rings is 2. The first-order chi connectivity index (χ1) is 19.0. The molecule has 3 heteroatoms. The van der Waals surface area contributed by atoms with Crippen LogP contribution in [0.1, 0.15) is 123 Å². The number of allylic oxidation sites excluding steroid dienone is 8. The van der Waals surface area contributed by atoms with Gasteiger partial charge in [0.2, 0.25) is 0 Å². The standard InChI is InChI=1S/C27H29.C10H15.C3H6.2ClH.Zr/c1-16-7-9-26(3,4)24-12-18-11-19-13-25-21(17(2)8-10-27(25,5)6)15-23(19)22(18)14-20(16)24;1-8-5-6-9(7-8)10(2,3)4;1-3-2;;;/h7-9,12-15H,10-11H2,1-6H3;6-8H,1-4H3;1-2H3;2*1H;/q;;;;;+2/p-2. The van der Waals surface area contributed by atoms with Crippen molar-refractivity contribution in [3.8, 4) is 11.1 Å². The number of hydrogen-bond acceptors (Lipinski definition) is 0. The predicted molar refractivity (Wildman–Crippen MR) is 178 cm³/mol. The Morgan fingerprint density at radius 1 is 0.791 bits per heavy atom. The van der Waals surface area contributed by atoms with Gasteiger partial charge < -0.3 is 24.8 Å². The van der Waals surface area contributed by atoms with Crippen LogP contribution in [0.25, 0.3) is 22.3 Å². The summed E-state index contributed by atoms with van der Waals surface area (Å²) in [7, 11) is 0. The summed E-state index contributed by atoms with van der Waals surface area (Å²) in [6.07, 6.45) is 12.6. The minimum Gasteiger partial charge on any atom is -1.00 e. The Kier molecular flexibility index (Phi) is 9.27. The zero-order valence-corrected chi connectivity index (χ0v) is 32.4. The second-order valence-electron chi connectivity index (χ2n) is 16.0. The van der Waals surface area contributed by atoms with Crippen LogP contribution in [0.3, 0.4) is 0 Å². The van der Waals surface area contributed by atoms with E-state index in [1.807, 2.05) is 0 Å². The molecular weight excluding hydrogens is 643 g/mol. The van der Waals surface area contributed by atoms with Crippen LogP contribution in [0.15, 0.2) is 57.4 Å². The summed E-state index contributed by atoms with van der Waals surface area (Å²) in [6, 6.07) is 10.3. The number of rotatable bonds is 2. The molecule has 0 radical (unpaired) electrons. The van der Waals surface area contributed by atoms with Crippen molar-refractivity contribution in [1.29, 1.82) is 0 Å². The third kappa shape index (κ3) is 5.57. The molecule has 0 aliphatic heterocycles. The van der Waals surface area contributed by atoms with E-state index in [0.29, 0.717) is 9.54 Å². The molecule has 0 saturated carbocycles. The van der Waals surface area contributed by atoms with Gasteiger partial charge in [0.05, 0.1) is 0 Å². The molecule has 0 saturated heterocycles. The van der Waals surface area contributed by atoms with Crippen LogP contribution in [0.5, 0.6) is 0 Å². The summed E-state index contributed by atoms with van der Waals surface area (Å²) in [6.45, 7) is 29.1. The molecule has 4 aliphatic rings. The summed E-state index contributed by atoms with van der Waals surface area (Å²) < 4.78 is 4.16. The van der Waals surface area contributed by atoms with Crippen LogP contribution in [-0.4, -0.2) is 3.21 Å². The molecule has 6 rings (SSSR count). The smallest absolute Gasteiger partial charge is 1.00 e. The molecule has 2 atom stereocenters. The molecular formula is C40H50Cl2Zr. The van der Waals surface area contributed by atoms with Crippen LogP contribution >= 0.6 is 0 Å². The molecule has 0 amide bonds. The van der Waals surface area contributed by atoms with Gasteiger partial charge in [-0.25, -0.2) is 0 Å². The molecule has 2 unspecified atom stereocenters. The van der Waals surface area contributed by atoms with Gasteiger partial charge >= 0.3 is 259 Å². The van der Waals surface area contributed by atoms with Gasteiger partial charge in [-0.1, -0.05) is 0 Å². The van der Waals surface area contributed by atoms with Crippen LogP contribution < -0.4 is 24.8 Å². The number of hydrogen-bond donors (Lipinski definition) is 0. The Hall–Kier alpha value is -1.27. The maximum atomic E-state index is 2.72. The Morgan fingerprint density at radius 3 is 1.88 bits per heavy atom. The van der Waals surface area contributed by atoms with E-state index in [4.69, 9.17) is 0 Å². The summed E-state index contributed by atoms with van der Waals surface area (Å²) in [5.74, 6) is 0.571. The quantitative estimate of drug-likeness (QED) is 0.348. The second kappa shape index (κ2) is 11.5. The van der Waals surface area contributed by atoms with Crippen molar-refractivity contribution in [2.75, 3.05) is 0 Å². The van der Waals surface area contributed by atoms with Crippen molar-refractivity contribution in [3.05, 3.63) is 90.8 Å². The zero-order valence-electron chi connectivity index (χ0n) is 28.4. The van der Waals surface area contributed by atoms with Crippen LogP contribution in [0.4, 0.5) is 0 Å². The van der Waals surface area contributed by atoms with Crippen molar-refractivity contribution in [3.63, 3.8) is 0 Å². The van der Waals surface area contributed by atoms with Gasteiger partial charge in [0.15, 0.2) is 0 Å². The van der Waals surface area contributed by atoms with Crippen LogP contribution in [0, 0.1) is 11.3 Å². The summed E-state index contributed by atoms with van der Waals surface area (Å²) >= 11 is -2.17. The van der Waals surface area contributed by atoms with Crippen LogP contribution in [-0.2, 0) is 38.5 Å². The third-order valence-corrected chi connectivity index (χ3v) is 20.2. The first-order valence-corrected chi connectivity index (χ1v) is 19.7. The van der Waals surface area contributed by atoms with Crippen molar-refractivity contribution < 1.29 is 46.1 Å². The average Bonchev–Trinajstić information content (AvgIpc) is 3.43. The molecule has 0 N–H and O–H groups in total. The second-order valence-corrected chi connectivity index (χ2v) is 23.4. The molecule has 0 heterocycles. The Bertz CT molecular complexity index is 1660. The number of halogens is 2.